The average Bonchev–Trinajstić information content (AvgIpc) is 2.38. The molecule has 2 rings (SSSR count). The minimum atomic E-state index is -0.803. The number of carboxylic acids is 1. The van der Waals surface area contributed by atoms with Crippen LogP contribution < -0.4 is 0 Å². The summed E-state index contributed by atoms with van der Waals surface area (Å²) in [5, 5.41) is 28.0. The summed E-state index contributed by atoms with van der Waals surface area (Å²) in [6, 6.07) is 4.65. The summed E-state index contributed by atoms with van der Waals surface area (Å²) < 4.78 is 0. The average molecular weight is 280 g/mol. The second kappa shape index (κ2) is 6.11. The van der Waals surface area contributed by atoms with Crippen LogP contribution in [0.15, 0.2) is 18.2 Å². The number of rotatable bonds is 4. The number of aliphatic carboxylic acids is 1. The van der Waals surface area contributed by atoms with Gasteiger partial charge >= 0.3 is 5.97 Å². The molecule has 0 spiro atoms. The summed E-state index contributed by atoms with van der Waals surface area (Å²) >= 11 is 0. The Balaban J connectivity index is 1.97. The van der Waals surface area contributed by atoms with Crippen LogP contribution in [0, 0.1) is 0 Å². The molecular formula is C14H20N2O4. The SMILES string of the molecule is CC(c1ccc(O)cc1O)N1CCN(CC(=O)O)CC1. The maximum atomic E-state index is 10.7. The Morgan fingerprint density at radius 2 is 1.90 bits per heavy atom. The van der Waals surface area contributed by atoms with Crippen LogP contribution in [0.1, 0.15) is 18.5 Å². The normalized spacial score (nSPS) is 18.9. The van der Waals surface area contributed by atoms with Gasteiger partial charge in [0.05, 0.1) is 6.54 Å². The Kier molecular flexibility index (Phi) is 4.46. The van der Waals surface area contributed by atoms with Crippen LogP contribution in [0.3, 0.4) is 0 Å². The van der Waals surface area contributed by atoms with E-state index in [4.69, 9.17) is 5.11 Å². The molecule has 6 heteroatoms. The van der Waals surface area contributed by atoms with E-state index in [-0.39, 0.29) is 24.1 Å². The zero-order valence-electron chi connectivity index (χ0n) is 11.5. The number of benzene rings is 1. The summed E-state index contributed by atoms with van der Waals surface area (Å²) in [6.45, 7) is 5.00. The van der Waals surface area contributed by atoms with E-state index < -0.39 is 5.97 Å². The molecule has 0 amide bonds. The van der Waals surface area contributed by atoms with Crippen LogP contribution in [0.4, 0.5) is 0 Å². The molecule has 3 N–H and O–H groups in total. The molecule has 0 radical (unpaired) electrons. The third-order valence-corrected chi connectivity index (χ3v) is 3.78. The van der Waals surface area contributed by atoms with Crippen LogP contribution in [-0.2, 0) is 4.79 Å². The fraction of sp³-hybridized carbons (Fsp3) is 0.500. The van der Waals surface area contributed by atoms with Crippen LogP contribution in [0.2, 0.25) is 0 Å². The van der Waals surface area contributed by atoms with Crippen LogP contribution >= 0.6 is 0 Å². The summed E-state index contributed by atoms with van der Waals surface area (Å²) in [4.78, 5) is 14.8. The minimum Gasteiger partial charge on any atom is -0.508 e. The molecule has 1 aromatic carbocycles. The smallest absolute Gasteiger partial charge is 0.317 e. The second-order valence-electron chi connectivity index (χ2n) is 5.12. The van der Waals surface area contributed by atoms with Gasteiger partial charge in [0.15, 0.2) is 0 Å². The molecular weight excluding hydrogens is 260 g/mol. The summed E-state index contributed by atoms with van der Waals surface area (Å²) in [5.41, 5.74) is 0.773. The maximum absolute atomic E-state index is 10.7. The van der Waals surface area contributed by atoms with Crippen LogP contribution in [0.25, 0.3) is 0 Å². The lowest BCUT2D eigenvalue weighted by Gasteiger charge is -2.37. The first-order valence-electron chi connectivity index (χ1n) is 6.67. The largest absolute Gasteiger partial charge is 0.508 e. The van der Waals surface area contributed by atoms with Gasteiger partial charge in [0, 0.05) is 43.9 Å². The van der Waals surface area contributed by atoms with Gasteiger partial charge < -0.3 is 15.3 Å². The van der Waals surface area contributed by atoms with Gasteiger partial charge in [0.1, 0.15) is 11.5 Å². The van der Waals surface area contributed by atoms with Crippen molar-refractivity contribution in [3.05, 3.63) is 23.8 Å². The highest BCUT2D eigenvalue weighted by Crippen LogP contribution is 2.31. The number of aromatic hydroxyl groups is 2. The Hall–Kier alpha value is -1.79. The van der Waals surface area contributed by atoms with E-state index in [1.807, 2.05) is 11.8 Å². The van der Waals surface area contributed by atoms with Gasteiger partial charge in [-0.05, 0) is 13.0 Å². The van der Waals surface area contributed by atoms with Gasteiger partial charge in [-0.25, -0.2) is 0 Å². The molecule has 0 bridgehead atoms. The summed E-state index contributed by atoms with van der Waals surface area (Å²) in [7, 11) is 0. The Morgan fingerprint density at radius 3 is 2.45 bits per heavy atom. The third-order valence-electron chi connectivity index (χ3n) is 3.78. The number of hydrogen-bond acceptors (Lipinski definition) is 5. The lowest BCUT2D eigenvalue weighted by atomic mass is 10.0. The summed E-state index contributed by atoms with van der Waals surface area (Å²) in [6.07, 6.45) is 0. The standard InChI is InChI=1S/C14H20N2O4/c1-10(12-3-2-11(17)8-13(12)18)16-6-4-15(5-7-16)9-14(19)20/h2-3,8,10,17-18H,4-7,9H2,1H3,(H,19,20). The third kappa shape index (κ3) is 3.40. The molecule has 6 nitrogen and oxygen atoms in total. The molecule has 1 heterocycles. The van der Waals surface area contributed by atoms with Crippen LogP contribution in [-0.4, -0.2) is 63.8 Å². The fourth-order valence-electron chi connectivity index (χ4n) is 2.58. The van der Waals surface area contributed by atoms with Gasteiger partial charge in [-0.15, -0.1) is 0 Å². The van der Waals surface area contributed by atoms with Gasteiger partial charge in [-0.1, -0.05) is 6.07 Å². The number of hydrogen-bond donors (Lipinski definition) is 3. The predicted octanol–water partition coefficient (Wildman–Crippen LogP) is 0.861. The van der Waals surface area contributed by atoms with E-state index in [0.717, 1.165) is 18.7 Å². The van der Waals surface area contributed by atoms with Gasteiger partial charge in [0.25, 0.3) is 0 Å². The maximum Gasteiger partial charge on any atom is 0.317 e. The molecule has 0 saturated carbocycles. The first-order valence-corrected chi connectivity index (χ1v) is 6.67. The number of phenolic OH excluding ortho intramolecular Hbond substituents is 2. The molecule has 1 aliphatic rings. The topological polar surface area (TPSA) is 84.2 Å². The molecule has 1 fully saturated rings. The van der Waals surface area contributed by atoms with Crippen LogP contribution in [0.5, 0.6) is 11.5 Å². The van der Waals surface area contributed by atoms with E-state index in [1.54, 1.807) is 12.1 Å². The van der Waals surface area contributed by atoms with Crippen molar-refractivity contribution in [3.8, 4) is 11.5 Å². The monoisotopic (exact) mass is 280 g/mol. The lowest BCUT2D eigenvalue weighted by molar-refractivity contribution is -0.138. The highest BCUT2D eigenvalue weighted by molar-refractivity contribution is 5.69. The number of phenols is 2. The highest BCUT2D eigenvalue weighted by atomic mass is 16.4. The van der Waals surface area contributed by atoms with Gasteiger partial charge in [-0.3, -0.25) is 14.6 Å². The molecule has 1 atom stereocenters. The number of nitrogens with zero attached hydrogens (tertiary/aromatic N) is 2. The minimum absolute atomic E-state index is 0.0302. The molecule has 0 aliphatic carbocycles. The quantitative estimate of drug-likeness (QED) is 0.758. The van der Waals surface area contributed by atoms with E-state index in [0.29, 0.717) is 13.1 Å². The number of carbonyl (C=O) groups is 1. The molecule has 20 heavy (non-hydrogen) atoms. The molecule has 110 valence electrons. The molecule has 1 aliphatic heterocycles. The zero-order chi connectivity index (χ0) is 14.7. The van der Waals surface area contributed by atoms with Crippen molar-refractivity contribution < 1.29 is 20.1 Å². The van der Waals surface area contributed by atoms with E-state index in [1.165, 1.54) is 6.07 Å². The van der Waals surface area contributed by atoms with E-state index in [9.17, 15) is 15.0 Å². The number of carboxylic acid groups (broad SMARTS) is 1. The highest BCUT2D eigenvalue weighted by Gasteiger charge is 2.24. The molecule has 1 saturated heterocycles. The van der Waals surface area contributed by atoms with Crippen molar-refractivity contribution in [2.75, 3.05) is 32.7 Å². The molecule has 1 aromatic rings. The van der Waals surface area contributed by atoms with Crippen molar-refractivity contribution in [1.82, 2.24) is 9.80 Å². The van der Waals surface area contributed by atoms with Crippen molar-refractivity contribution in [2.24, 2.45) is 0 Å². The first-order chi connectivity index (χ1) is 9.47. The first kappa shape index (κ1) is 14.6. The number of piperazine rings is 1. The zero-order valence-corrected chi connectivity index (χ0v) is 11.5. The lowest BCUT2D eigenvalue weighted by Crippen LogP contribution is -2.48. The van der Waals surface area contributed by atoms with Crippen molar-refractivity contribution in [1.29, 1.82) is 0 Å². The van der Waals surface area contributed by atoms with E-state index >= 15 is 0 Å². The predicted molar refractivity (Wildman–Crippen MR) is 73.8 cm³/mol. The molecule has 1 unspecified atom stereocenters. The molecule has 0 aromatic heterocycles. The Labute approximate surface area is 117 Å². The van der Waals surface area contributed by atoms with E-state index in [2.05, 4.69) is 4.90 Å². The van der Waals surface area contributed by atoms with Crippen molar-refractivity contribution in [3.63, 3.8) is 0 Å². The Morgan fingerprint density at radius 1 is 1.25 bits per heavy atom. The summed E-state index contributed by atoms with van der Waals surface area (Å²) in [5.74, 6) is -0.669. The Bertz CT molecular complexity index is 484. The van der Waals surface area contributed by atoms with Crippen molar-refractivity contribution >= 4 is 5.97 Å². The second-order valence-corrected chi connectivity index (χ2v) is 5.12. The fourth-order valence-corrected chi connectivity index (χ4v) is 2.58. The van der Waals surface area contributed by atoms with Crippen molar-refractivity contribution in [2.45, 2.75) is 13.0 Å². The van der Waals surface area contributed by atoms with Gasteiger partial charge in [-0.2, -0.15) is 0 Å². The van der Waals surface area contributed by atoms with Gasteiger partial charge in [0.2, 0.25) is 0 Å².